The Morgan fingerprint density at radius 1 is 1.03 bits per heavy atom. The molecular weight excluding hydrogens is 404 g/mol. The number of nitrogens with one attached hydrogen (secondary N) is 1. The van der Waals surface area contributed by atoms with Crippen molar-refractivity contribution in [2.75, 3.05) is 31.5 Å². The van der Waals surface area contributed by atoms with Crippen molar-refractivity contribution in [3.63, 3.8) is 0 Å². The lowest BCUT2D eigenvalue weighted by molar-refractivity contribution is -0.141. The van der Waals surface area contributed by atoms with Crippen LogP contribution in [0.4, 0.5) is 10.5 Å². The number of ether oxygens (including phenoxy) is 1. The minimum absolute atomic E-state index is 0.0882. The van der Waals surface area contributed by atoms with Crippen molar-refractivity contribution in [1.29, 1.82) is 0 Å². The van der Waals surface area contributed by atoms with Crippen LogP contribution < -0.4 is 10.1 Å². The first-order chi connectivity index (χ1) is 15.3. The van der Waals surface area contributed by atoms with Crippen LogP contribution in [0.3, 0.4) is 0 Å². The summed E-state index contributed by atoms with van der Waals surface area (Å²) in [6.07, 6.45) is 5.38. The quantitative estimate of drug-likeness (QED) is 0.782. The van der Waals surface area contributed by atoms with Gasteiger partial charge >= 0.3 is 6.03 Å². The summed E-state index contributed by atoms with van der Waals surface area (Å²) in [6, 6.07) is 11.4. The number of amides is 3. The van der Waals surface area contributed by atoms with Crippen LogP contribution in [-0.2, 0) is 4.79 Å². The standard InChI is InChI=1S/C25H32N4O3/c1-25(2,3)23(30)28-13-10-22(11-14-28)32-21-8-6-20(7-9-21)27-24(31)29-16-19(17-29)18-5-4-12-26-15-18/h4-9,12,15,19,22H,10-11,13-14,16-17H2,1-3H3,(H,27,31). The van der Waals surface area contributed by atoms with E-state index < -0.39 is 0 Å². The minimum Gasteiger partial charge on any atom is -0.490 e. The number of urea groups is 1. The average molecular weight is 437 g/mol. The van der Waals surface area contributed by atoms with Crippen LogP contribution in [0, 0.1) is 5.41 Å². The monoisotopic (exact) mass is 436 g/mol. The van der Waals surface area contributed by atoms with Gasteiger partial charge in [-0.15, -0.1) is 0 Å². The van der Waals surface area contributed by atoms with Gasteiger partial charge in [0.15, 0.2) is 0 Å². The summed E-state index contributed by atoms with van der Waals surface area (Å²) in [7, 11) is 0. The molecule has 0 radical (unpaired) electrons. The summed E-state index contributed by atoms with van der Waals surface area (Å²) in [5.41, 5.74) is 1.58. The third kappa shape index (κ3) is 5.21. The number of aromatic nitrogens is 1. The number of anilines is 1. The largest absolute Gasteiger partial charge is 0.490 e. The predicted molar refractivity (Wildman–Crippen MR) is 124 cm³/mol. The maximum absolute atomic E-state index is 12.5. The number of piperidine rings is 1. The van der Waals surface area contributed by atoms with Gasteiger partial charge in [-0.1, -0.05) is 26.8 Å². The second-order valence-corrected chi connectivity index (χ2v) is 9.70. The van der Waals surface area contributed by atoms with Crippen molar-refractivity contribution in [2.45, 2.75) is 45.6 Å². The molecule has 170 valence electrons. The Bertz CT molecular complexity index is 926. The van der Waals surface area contributed by atoms with Gasteiger partial charge in [0, 0.05) is 68.4 Å². The second kappa shape index (κ2) is 9.18. The summed E-state index contributed by atoms with van der Waals surface area (Å²) in [5, 5.41) is 2.95. The number of likely N-dealkylation sites (tertiary alicyclic amines) is 2. The molecular formula is C25H32N4O3. The highest BCUT2D eigenvalue weighted by Gasteiger charge is 2.32. The molecule has 0 unspecified atom stereocenters. The maximum Gasteiger partial charge on any atom is 0.321 e. The van der Waals surface area contributed by atoms with Crippen LogP contribution in [0.25, 0.3) is 0 Å². The molecule has 3 heterocycles. The average Bonchev–Trinajstić information content (AvgIpc) is 2.74. The maximum atomic E-state index is 12.5. The fourth-order valence-corrected chi connectivity index (χ4v) is 4.14. The summed E-state index contributed by atoms with van der Waals surface area (Å²) in [4.78, 5) is 32.8. The summed E-state index contributed by atoms with van der Waals surface area (Å²) >= 11 is 0. The van der Waals surface area contributed by atoms with E-state index in [0.29, 0.717) is 19.0 Å². The Labute approximate surface area is 189 Å². The van der Waals surface area contributed by atoms with E-state index in [-0.39, 0.29) is 23.5 Å². The number of nitrogens with zero attached hydrogens (tertiary/aromatic N) is 3. The summed E-state index contributed by atoms with van der Waals surface area (Å²) in [5.74, 6) is 1.34. The molecule has 1 aromatic carbocycles. The van der Waals surface area contributed by atoms with Crippen molar-refractivity contribution in [3.05, 3.63) is 54.4 Å². The van der Waals surface area contributed by atoms with Crippen LogP contribution >= 0.6 is 0 Å². The highest BCUT2D eigenvalue weighted by atomic mass is 16.5. The third-order valence-electron chi connectivity index (χ3n) is 6.10. The van der Waals surface area contributed by atoms with Gasteiger partial charge in [0.05, 0.1) is 0 Å². The fraction of sp³-hybridized carbons (Fsp3) is 0.480. The Morgan fingerprint density at radius 3 is 2.31 bits per heavy atom. The Balaban J connectivity index is 1.21. The van der Waals surface area contributed by atoms with Crippen molar-refractivity contribution >= 4 is 17.6 Å². The highest BCUT2D eigenvalue weighted by molar-refractivity contribution is 5.90. The molecule has 1 aromatic heterocycles. The normalized spacial score (nSPS) is 17.6. The predicted octanol–water partition coefficient (Wildman–Crippen LogP) is 4.13. The van der Waals surface area contributed by atoms with E-state index in [1.165, 1.54) is 5.56 Å². The van der Waals surface area contributed by atoms with Gasteiger partial charge in [0.1, 0.15) is 11.9 Å². The topological polar surface area (TPSA) is 74.8 Å². The molecule has 0 saturated carbocycles. The molecule has 0 aliphatic carbocycles. The lowest BCUT2D eigenvalue weighted by atomic mass is 9.93. The first kappa shape index (κ1) is 22.1. The third-order valence-corrected chi connectivity index (χ3v) is 6.10. The van der Waals surface area contributed by atoms with E-state index in [4.69, 9.17) is 4.74 Å². The van der Waals surface area contributed by atoms with Gasteiger partial charge in [0.25, 0.3) is 0 Å². The van der Waals surface area contributed by atoms with E-state index in [1.807, 2.05) is 62.2 Å². The van der Waals surface area contributed by atoms with Crippen molar-refractivity contribution in [3.8, 4) is 5.75 Å². The molecule has 2 fully saturated rings. The molecule has 2 aliphatic heterocycles. The summed E-state index contributed by atoms with van der Waals surface area (Å²) in [6.45, 7) is 8.73. The number of hydrogen-bond donors (Lipinski definition) is 1. The zero-order valence-electron chi connectivity index (χ0n) is 19.1. The number of rotatable bonds is 4. The number of carbonyl (C=O) groups excluding carboxylic acids is 2. The Kier molecular flexibility index (Phi) is 6.35. The smallest absolute Gasteiger partial charge is 0.321 e. The summed E-state index contributed by atoms with van der Waals surface area (Å²) < 4.78 is 6.10. The van der Waals surface area contributed by atoms with E-state index >= 15 is 0 Å². The second-order valence-electron chi connectivity index (χ2n) is 9.70. The molecule has 1 N–H and O–H groups in total. The van der Waals surface area contributed by atoms with Crippen LogP contribution in [0.15, 0.2) is 48.8 Å². The van der Waals surface area contributed by atoms with Crippen molar-refractivity contribution in [1.82, 2.24) is 14.8 Å². The van der Waals surface area contributed by atoms with Crippen molar-refractivity contribution < 1.29 is 14.3 Å². The highest BCUT2D eigenvalue weighted by Crippen LogP contribution is 2.28. The van der Waals surface area contributed by atoms with E-state index in [2.05, 4.69) is 16.4 Å². The molecule has 2 aliphatic rings. The Morgan fingerprint density at radius 2 is 1.72 bits per heavy atom. The number of pyridine rings is 1. The van der Waals surface area contributed by atoms with Crippen LogP contribution in [0.2, 0.25) is 0 Å². The van der Waals surface area contributed by atoms with Gasteiger partial charge in [0.2, 0.25) is 5.91 Å². The van der Waals surface area contributed by atoms with Crippen molar-refractivity contribution in [2.24, 2.45) is 5.41 Å². The Hall–Kier alpha value is -3.09. The molecule has 2 saturated heterocycles. The number of benzene rings is 1. The lowest BCUT2D eigenvalue weighted by Crippen LogP contribution is -2.50. The number of hydrogen-bond acceptors (Lipinski definition) is 4. The van der Waals surface area contributed by atoms with Crippen LogP contribution in [0.1, 0.15) is 45.1 Å². The molecule has 32 heavy (non-hydrogen) atoms. The van der Waals surface area contributed by atoms with Crippen LogP contribution in [0.5, 0.6) is 5.75 Å². The molecule has 7 nitrogen and oxygen atoms in total. The van der Waals surface area contributed by atoms with E-state index in [9.17, 15) is 9.59 Å². The van der Waals surface area contributed by atoms with Gasteiger partial charge in [-0.25, -0.2) is 4.79 Å². The zero-order chi connectivity index (χ0) is 22.7. The molecule has 4 rings (SSSR count). The zero-order valence-corrected chi connectivity index (χ0v) is 19.1. The van der Waals surface area contributed by atoms with Gasteiger partial charge < -0.3 is 19.9 Å². The first-order valence-corrected chi connectivity index (χ1v) is 11.3. The molecule has 0 atom stereocenters. The lowest BCUT2D eigenvalue weighted by Gasteiger charge is -2.39. The van der Waals surface area contributed by atoms with E-state index in [1.54, 1.807) is 11.1 Å². The first-order valence-electron chi connectivity index (χ1n) is 11.3. The van der Waals surface area contributed by atoms with Gasteiger partial charge in [-0.05, 0) is 35.9 Å². The van der Waals surface area contributed by atoms with E-state index in [0.717, 1.165) is 37.4 Å². The number of carbonyl (C=O) groups is 2. The molecule has 2 aromatic rings. The molecule has 0 bridgehead atoms. The van der Waals surface area contributed by atoms with Gasteiger partial charge in [-0.2, -0.15) is 0 Å². The van der Waals surface area contributed by atoms with Crippen LogP contribution in [-0.4, -0.2) is 59.0 Å². The fourth-order valence-electron chi connectivity index (χ4n) is 4.14. The molecule has 7 heteroatoms. The van der Waals surface area contributed by atoms with Gasteiger partial charge in [-0.3, -0.25) is 9.78 Å². The SMILES string of the molecule is CC(C)(C)C(=O)N1CCC(Oc2ccc(NC(=O)N3CC(c4cccnc4)C3)cc2)CC1. The molecule has 3 amide bonds. The molecule has 0 spiro atoms. The minimum atomic E-state index is -0.344.